The zero-order valence-corrected chi connectivity index (χ0v) is 15.5. The molecule has 4 rings (SSSR count). The number of carbonyl (C=O) groups excluding carboxylic acids is 1. The van der Waals surface area contributed by atoms with E-state index in [1.54, 1.807) is 41.0 Å². The molecule has 1 amide bonds. The van der Waals surface area contributed by atoms with Gasteiger partial charge in [-0.2, -0.15) is 5.10 Å². The van der Waals surface area contributed by atoms with Gasteiger partial charge in [0.15, 0.2) is 5.65 Å². The minimum absolute atomic E-state index is 0.145. The van der Waals surface area contributed by atoms with Crippen LogP contribution in [0, 0.1) is 0 Å². The molecule has 0 radical (unpaired) electrons. The topological polar surface area (TPSA) is 93.4 Å². The van der Waals surface area contributed by atoms with Crippen molar-refractivity contribution in [2.45, 2.75) is 16.3 Å². The van der Waals surface area contributed by atoms with E-state index in [1.165, 1.54) is 30.6 Å². The molecular weight excluding hydrogens is 376 g/mol. The molecule has 0 spiro atoms. The Morgan fingerprint density at radius 3 is 2.39 bits per heavy atom. The summed E-state index contributed by atoms with van der Waals surface area (Å²) >= 11 is 0. The highest BCUT2D eigenvalue weighted by Crippen LogP contribution is 2.20. The van der Waals surface area contributed by atoms with E-state index < -0.39 is 9.84 Å². The van der Waals surface area contributed by atoms with Gasteiger partial charge >= 0.3 is 0 Å². The van der Waals surface area contributed by atoms with E-state index in [9.17, 15) is 13.2 Å². The smallest absolute Gasteiger partial charge is 0.251 e. The fourth-order valence-corrected chi connectivity index (χ4v) is 4.05. The van der Waals surface area contributed by atoms with Crippen LogP contribution in [0.15, 0.2) is 89.0 Å². The lowest BCUT2D eigenvalue weighted by Gasteiger charge is -2.08. The van der Waals surface area contributed by atoms with Crippen LogP contribution in [0.1, 0.15) is 15.9 Å². The standard InChI is InChI=1S/C20H16N4O3S/c25-20(21-12-15-6-11-19-22-14-23-24(19)13-15)16-7-9-18(10-8-16)28(26,27)17-4-2-1-3-5-17/h1-11,13-14H,12H2,(H,21,25). The predicted molar refractivity (Wildman–Crippen MR) is 102 cm³/mol. The second kappa shape index (κ2) is 7.24. The highest BCUT2D eigenvalue weighted by atomic mass is 32.2. The maximum atomic E-state index is 12.6. The van der Waals surface area contributed by atoms with Crippen molar-refractivity contribution in [3.8, 4) is 0 Å². The summed E-state index contributed by atoms with van der Waals surface area (Å²) in [6, 6.07) is 17.8. The molecule has 0 unspecified atom stereocenters. The molecule has 0 aliphatic rings. The van der Waals surface area contributed by atoms with Crippen LogP contribution in [-0.4, -0.2) is 28.9 Å². The summed E-state index contributed by atoms with van der Waals surface area (Å²) in [4.78, 5) is 16.8. The van der Waals surface area contributed by atoms with Crippen LogP contribution in [-0.2, 0) is 16.4 Å². The van der Waals surface area contributed by atoms with Gasteiger partial charge in [-0.15, -0.1) is 0 Å². The van der Waals surface area contributed by atoms with Gasteiger partial charge in [-0.05, 0) is 48.0 Å². The lowest BCUT2D eigenvalue weighted by molar-refractivity contribution is 0.0950. The number of hydrogen-bond donors (Lipinski definition) is 1. The number of fused-ring (bicyclic) bond motifs is 1. The summed E-state index contributed by atoms with van der Waals surface area (Å²) in [6.45, 7) is 0.318. The van der Waals surface area contributed by atoms with Gasteiger partial charge in [0.05, 0.1) is 9.79 Å². The number of benzene rings is 2. The van der Waals surface area contributed by atoms with Crippen molar-refractivity contribution < 1.29 is 13.2 Å². The Bertz CT molecular complexity index is 1230. The fraction of sp³-hybridized carbons (Fsp3) is 0.0500. The van der Waals surface area contributed by atoms with Crippen molar-refractivity contribution in [1.29, 1.82) is 0 Å². The molecule has 0 fully saturated rings. The number of amides is 1. The Morgan fingerprint density at radius 2 is 1.64 bits per heavy atom. The molecule has 7 nitrogen and oxygen atoms in total. The maximum Gasteiger partial charge on any atom is 0.251 e. The fourth-order valence-electron chi connectivity index (χ4n) is 2.77. The lowest BCUT2D eigenvalue weighted by Crippen LogP contribution is -2.23. The third-order valence-corrected chi connectivity index (χ3v) is 6.05. The van der Waals surface area contributed by atoms with Gasteiger partial charge in [-0.3, -0.25) is 4.79 Å². The van der Waals surface area contributed by atoms with Crippen LogP contribution in [0.25, 0.3) is 5.65 Å². The van der Waals surface area contributed by atoms with Crippen molar-refractivity contribution in [2.24, 2.45) is 0 Å². The van der Waals surface area contributed by atoms with Gasteiger partial charge < -0.3 is 5.32 Å². The molecular formula is C20H16N4O3S. The third kappa shape index (κ3) is 3.49. The van der Waals surface area contributed by atoms with E-state index in [0.717, 1.165) is 11.2 Å². The average Bonchev–Trinajstić information content (AvgIpc) is 3.20. The summed E-state index contributed by atoms with van der Waals surface area (Å²) in [5.74, 6) is -0.289. The molecule has 0 saturated heterocycles. The van der Waals surface area contributed by atoms with Gasteiger partial charge in [-0.25, -0.2) is 17.9 Å². The largest absolute Gasteiger partial charge is 0.348 e. The van der Waals surface area contributed by atoms with Crippen molar-refractivity contribution in [3.05, 3.63) is 90.4 Å². The maximum absolute atomic E-state index is 12.6. The molecule has 0 atom stereocenters. The van der Waals surface area contributed by atoms with Crippen molar-refractivity contribution in [1.82, 2.24) is 19.9 Å². The molecule has 2 aromatic heterocycles. The van der Waals surface area contributed by atoms with Gasteiger partial charge in [0.2, 0.25) is 9.84 Å². The number of carbonyl (C=O) groups is 1. The first-order valence-electron chi connectivity index (χ1n) is 8.51. The summed E-state index contributed by atoms with van der Waals surface area (Å²) in [6.07, 6.45) is 3.25. The Labute approximate surface area is 161 Å². The van der Waals surface area contributed by atoms with Crippen molar-refractivity contribution in [2.75, 3.05) is 0 Å². The number of nitrogens with zero attached hydrogens (tertiary/aromatic N) is 3. The van der Waals surface area contributed by atoms with E-state index in [0.29, 0.717) is 12.1 Å². The van der Waals surface area contributed by atoms with Gasteiger partial charge in [-0.1, -0.05) is 24.3 Å². The van der Waals surface area contributed by atoms with Crippen molar-refractivity contribution in [3.63, 3.8) is 0 Å². The predicted octanol–water partition coefficient (Wildman–Crippen LogP) is 2.49. The zero-order chi connectivity index (χ0) is 19.6. The monoisotopic (exact) mass is 392 g/mol. The Hall–Kier alpha value is -3.52. The summed E-state index contributed by atoms with van der Waals surface area (Å²) < 4.78 is 26.8. The minimum Gasteiger partial charge on any atom is -0.348 e. The lowest BCUT2D eigenvalue weighted by atomic mass is 10.2. The second-order valence-electron chi connectivity index (χ2n) is 6.12. The third-order valence-electron chi connectivity index (χ3n) is 4.27. The molecule has 2 heterocycles. The number of nitrogens with one attached hydrogen (secondary N) is 1. The van der Waals surface area contributed by atoms with Crippen LogP contribution in [0.4, 0.5) is 0 Å². The van der Waals surface area contributed by atoms with E-state index in [4.69, 9.17) is 0 Å². The quantitative estimate of drug-likeness (QED) is 0.563. The molecule has 0 bridgehead atoms. The van der Waals surface area contributed by atoms with Crippen LogP contribution < -0.4 is 5.32 Å². The van der Waals surface area contributed by atoms with Gasteiger partial charge in [0.25, 0.3) is 5.91 Å². The summed E-state index contributed by atoms with van der Waals surface area (Å²) in [7, 11) is -3.60. The average molecular weight is 392 g/mol. The van der Waals surface area contributed by atoms with E-state index in [1.807, 2.05) is 12.1 Å². The SMILES string of the molecule is O=C(NCc1ccc2ncnn2c1)c1ccc(S(=O)(=O)c2ccccc2)cc1. The van der Waals surface area contributed by atoms with Gasteiger partial charge in [0.1, 0.15) is 6.33 Å². The summed E-state index contributed by atoms with van der Waals surface area (Å²) in [5, 5.41) is 6.87. The van der Waals surface area contributed by atoms with Crippen LogP contribution in [0.2, 0.25) is 0 Å². The highest BCUT2D eigenvalue weighted by molar-refractivity contribution is 7.91. The van der Waals surface area contributed by atoms with Crippen molar-refractivity contribution >= 4 is 21.4 Å². The molecule has 2 aromatic carbocycles. The molecule has 140 valence electrons. The number of pyridine rings is 1. The number of aromatic nitrogens is 3. The molecule has 8 heteroatoms. The molecule has 28 heavy (non-hydrogen) atoms. The Balaban J connectivity index is 1.46. The second-order valence-corrected chi connectivity index (χ2v) is 8.07. The summed E-state index contributed by atoms with van der Waals surface area (Å²) in [5.41, 5.74) is 1.98. The first-order valence-corrected chi connectivity index (χ1v) is 9.99. The highest BCUT2D eigenvalue weighted by Gasteiger charge is 2.17. The number of sulfone groups is 1. The molecule has 4 aromatic rings. The molecule has 0 aliphatic carbocycles. The molecule has 0 saturated carbocycles. The van der Waals surface area contributed by atoms with Crippen LogP contribution in [0.3, 0.4) is 0 Å². The molecule has 1 N–H and O–H groups in total. The molecule has 0 aliphatic heterocycles. The Morgan fingerprint density at radius 1 is 0.929 bits per heavy atom. The number of rotatable bonds is 5. The van der Waals surface area contributed by atoms with E-state index in [2.05, 4.69) is 15.4 Å². The van der Waals surface area contributed by atoms with Crippen LogP contribution >= 0.6 is 0 Å². The zero-order valence-electron chi connectivity index (χ0n) is 14.7. The Kier molecular flexibility index (Phi) is 4.62. The van der Waals surface area contributed by atoms with Crippen LogP contribution in [0.5, 0.6) is 0 Å². The number of hydrogen-bond acceptors (Lipinski definition) is 5. The van der Waals surface area contributed by atoms with Gasteiger partial charge in [0, 0.05) is 18.3 Å². The minimum atomic E-state index is -3.60. The first kappa shape index (κ1) is 17.9. The van der Waals surface area contributed by atoms with E-state index in [-0.39, 0.29) is 15.7 Å². The first-order chi connectivity index (χ1) is 13.5. The van der Waals surface area contributed by atoms with E-state index >= 15 is 0 Å². The normalized spacial score (nSPS) is 11.4.